The van der Waals surface area contributed by atoms with E-state index in [0.717, 1.165) is 5.01 Å². The normalized spacial score (nSPS) is 10.7. The van der Waals surface area contributed by atoms with Crippen LogP contribution in [0.2, 0.25) is 0 Å². The molecule has 0 aliphatic carbocycles. The van der Waals surface area contributed by atoms with Crippen LogP contribution in [0, 0.1) is 18.6 Å². The number of aromatic nitrogens is 1. The molecule has 19 heavy (non-hydrogen) atoms. The molecule has 0 amide bonds. The maximum atomic E-state index is 13.7. The summed E-state index contributed by atoms with van der Waals surface area (Å²) >= 11 is 1.47. The van der Waals surface area contributed by atoms with Gasteiger partial charge in [0.1, 0.15) is 6.61 Å². The summed E-state index contributed by atoms with van der Waals surface area (Å²) in [4.78, 5) is 4.17. The van der Waals surface area contributed by atoms with Crippen LogP contribution in [0.15, 0.2) is 17.5 Å². The number of hydrogen-bond donors (Lipinski definition) is 1. The first-order valence-corrected chi connectivity index (χ1v) is 6.64. The summed E-state index contributed by atoms with van der Waals surface area (Å²) in [6, 6.07) is 2.53. The lowest BCUT2D eigenvalue weighted by Crippen LogP contribution is -2.07. The Hall–Kier alpha value is -1.53. The minimum Gasteiger partial charge on any atom is -0.481 e. The zero-order valence-electron chi connectivity index (χ0n) is 10.7. The molecule has 3 nitrogen and oxygen atoms in total. The molecule has 0 aliphatic rings. The smallest absolute Gasteiger partial charge is 0.191 e. The maximum Gasteiger partial charge on any atom is 0.191 e. The molecule has 0 spiro atoms. The number of thiazole rings is 1. The van der Waals surface area contributed by atoms with Crippen LogP contribution in [0.1, 0.15) is 16.3 Å². The molecule has 0 unspecified atom stereocenters. The number of nitrogens with one attached hydrogen (secondary N) is 1. The SMILES string of the molecule is CNCc1cc(F)c(OCc2csc(C)n2)c(F)c1. The van der Waals surface area contributed by atoms with Crippen molar-refractivity contribution in [3.63, 3.8) is 0 Å². The van der Waals surface area contributed by atoms with Gasteiger partial charge in [-0.15, -0.1) is 11.3 Å². The molecular weight excluding hydrogens is 270 g/mol. The van der Waals surface area contributed by atoms with Gasteiger partial charge in [-0.05, 0) is 31.7 Å². The van der Waals surface area contributed by atoms with Crippen molar-refractivity contribution in [3.05, 3.63) is 45.4 Å². The molecule has 0 saturated carbocycles. The van der Waals surface area contributed by atoms with Gasteiger partial charge in [0.15, 0.2) is 17.4 Å². The van der Waals surface area contributed by atoms with E-state index in [0.29, 0.717) is 17.8 Å². The van der Waals surface area contributed by atoms with Gasteiger partial charge < -0.3 is 10.1 Å². The van der Waals surface area contributed by atoms with Gasteiger partial charge in [0.25, 0.3) is 0 Å². The number of benzene rings is 1. The van der Waals surface area contributed by atoms with Crippen LogP contribution < -0.4 is 10.1 Å². The molecule has 0 bridgehead atoms. The molecule has 0 saturated heterocycles. The molecule has 2 aromatic rings. The van der Waals surface area contributed by atoms with Gasteiger partial charge in [-0.1, -0.05) is 0 Å². The summed E-state index contributed by atoms with van der Waals surface area (Å²) in [5.41, 5.74) is 1.20. The van der Waals surface area contributed by atoms with Gasteiger partial charge in [0.2, 0.25) is 0 Å². The van der Waals surface area contributed by atoms with E-state index < -0.39 is 11.6 Å². The third-order valence-corrected chi connectivity index (χ3v) is 3.29. The van der Waals surface area contributed by atoms with E-state index in [1.54, 1.807) is 12.4 Å². The second-order valence-electron chi connectivity index (χ2n) is 4.07. The topological polar surface area (TPSA) is 34.1 Å². The Morgan fingerprint density at radius 1 is 1.32 bits per heavy atom. The van der Waals surface area contributed by atoms with Crippen LogP contribution in [0.5, 0.6) is 5.75 Å². The predicted octanol–water partition coefficient (Wildman–Crippen LogP) is 3.03. The van der Waals surface area contributed by atoms with Crippen LogP contribution in [-0.2, 0) is 13.2 Å². The number of halogens is 2. The van der Waals surface area contributed by atoms with Crippen molar-refractivity contribution < 1.29 is 13.5 Å². The number of ether oxygens (including phenoxy) is 1. The van der Waals surface area contributed by atoms with Gasteiger partial charge in [-0.2, -0.15) is 0 Å². The zero-order valence-corrected chi connectivity index (χ0v) is 11.5. The Balaban J connectivity index is 2.11. The Morgan fingerprint density at radius 3 is 2.53 bits per heavy atom. The highest BCUT2D eigenvalue weighted by Gasteiger charge is 2.13. The quantitative estimate of drug-likeness (QED) is 0.916. The van der Waals surface area contributed by atoms with Crippen molar-refractivity contribution in [1.29, 1.82) is 0 Å². The molecule has 0 radical (unpaired) electrons. The second kappa shape index (κ2) is 6.08. The summed E-state index contributed by atoms with van der Waals surface area (Å²) in [7, 11) is 1.71. The van der Waals surface area contributed by atoms with Crippen molar-refractivity contribution in [2.45, 2.75) is 20.1 Å². The van der Waals surface area contributed by atoms with Crippen molar-refractivity contribution in [2.75, 3.05) is 7.05 Å². The molecule has 0 aliphatic heterocycles. The summed E-state index contributed by atoms with van der Waals surface area (Å²) in [6.45, 7) is 2.32. The monoisotopic (exact) mass is 284 g/mol. The number of hydrogen-bond acceptors (Lipinski definition) is 4. The van der Waals surface area contributed by atoms with E-state index in [1.807, 2.05) is 6.92 Å². The van der Waals surface area contributed by atoms with Gasteiger partial charge in [0, 0.05) is 11.9 Å². The lowest BCUT2D eigenvalue weighted by atomic mass is 10.2. The first kappa shape index (κ1) is 13.9. The molecule has 2 rings (SSSR count). The van der Waals surface area contributed by atoms with E-state index in [-0.39, 0.29) is 12.4 Å². The minimum absolute atomic E-state index is 0.0591. The van der Waals surface area contributed by atoms with Gasteiger partial charge >= 0.3 is 0 Å². The molecule has 1 aromatic carbocycles. The maximum absolute atomic E-state index is 13.7. The fourth-order valence-corrected chi connectivity index (χ4v) is 2.27. The van der Waals surface area contributed by atoms with Crippen molar-refractivity contribution in [2.24, 2.45) is 0 Å². The van der Waals surface area contributed by atoms with Gasteiger partial charge in [-0.25, -0.2) is 13.8 Å². The third kappa shape index (κ3) is 3.48. The van der Waals surface area contributed by atoms with E-state index in [2.05, 4.69) is 10.3 Å². The summed E-state index contributed by atoms with van der Waals surface area (Å²) in [5.74, 6) is -1.75. The molecular formula is C13H14F2N2OS. The van der Waals surface area contributed by atoms with Crippen LogP contribution in [0.3, 0.4) is 0 Å². The molecule has 1 N–H and O–H groups in total. The van der Waals surface area contributed by atoms with Crippen molar-refractivity contribution >= 4 is 11.3 Å². The van der Waals surface area contributed by atoms with Gasteiger partial charge in [-0.3, -0.25) is 0 Å². The van der Waals surface area contributed by atoms with Crippen LogP contribution in [-0.4, -0.2) is 12.0 Å². The van der Waals surface area contributed by atoms with Crippen molar-refractivity contribution in [1.82, 2.24) is 10.3 Å². The molecule has 0 atom stereocenters. The molecule has 1 aromatic heterocycles. The van der Waals surface area contributed by atoms with E-state index in [4.69, 9.17) is 4.74 Å². The number of nitrogens with zero attached hydrogens (tertiary/aromatic N) is 1. The molecule has 6 heteroatoms. The van der Waals surface area contributed by atoms with Crippen LogP contribution in [0.25, 0.3) is 0 Å². The molecule has 102 valence electrons. The Labute approximate surface area is 114 Å². The van der Waals surface area contributed by atoms with E-state index >= 15 is 0 Å². The van der Waals surface area contributed by atoms with Crippen molar-refractivity contribution in [3.8, 4) is 5.75 Å². The molecule has 1 heterocycles. The zero-order chi connectivity index (χ0) is 13.8. The fourth-order valence-electron chi connectivity index (χ4n) is 1.68. The number of rotatable bonds is 5. The second-order valence-corrected chi connectivity index (χ2v) is 5.13. The first-order chi connectivity index (χ1) is 9.10. The lowest BCUT2D eigenvalue weighted by Gasteiger charge is -2.09. The van der Waals surface area contributed by atoms with E-state index in [9.17, 15) is 8.78 Å². The number of aryl methyl sites for hydroxylation is 1. The predicted molar refractivity (Wildman–Crippen MR) is 70.3 cm³/mol. The summed E-state index contributed by atoms with van der Waals surface area (Å²) in [6.07, 6.45) is 0. The standard InChI is InChI=1S/C13H14F2N2OS/c1-8-17-10(7-19-8)6-18-13-11(14)3-9(5-16-2)4-12(13)15/h3-4,7,16H,5-6H2,1-2H3. The third-order valence-electron chi connectivity index (χ3n) is 2.47. The van der Waals surface area contributed by atoms with Crippen LogP contribution in [0.4, 0.5) is 8.78 Å². The van der Waals surface area contributed by atoms with E-state index in [1.165, 1.54) is 23.5 Å². The average molecular weight is 284 g/mol. The highest BCUT2D eigenvalue weighted by atomic mass is 32.1. The first-order valence-electron chi connectivity index (χ1n) is 5.76. The summed E-state index contributed by atoms with van der Waals surface area (Å²) in [5, 5.41) is 5.53. The Morgan fingerprint density at radius 2 is 2.00 bits per heavy atom. The minimum atomic E-state index is -0.697. The van der Waals surface area contributed by atoms with Gasteiger partial charge in [0.05, 0.1) is 10.7 Å². The lowest BCUT2D eigenvalue weighted by molar-refractivity contribution is 0.270. The highest BCUT2D eigenvalue weighted by Crippen LogP contribution is 2.24. The molecule has 0 fully saturated rings. The van der Waals surface area contributed by atoms with Crippen LogP contribution >= 0.6 is 11.3 Å². The Bertz CT molecular complexity index is 549. The largest absolute Gasteiger partial charge is 0.481 e. The Kier molecular flexibility index (Phi) is 4.44. The average Bonchev–Trinajstić information content (AvgIpc) is 2.74. The fraction of sp³-hybridized carbons (Fsp3) is 0.308. The summed E-state index contributed by atoms with van der Waals surface area (Å²) < 4.78 is 32.6. The highest BCUT2D eigenvalue weighted by molar-refractivity contribution is 7.09.